The third kappa shape index (κ3) is 5.60. The van der Waals surface area contributed by atoms with Crippen LogP contribution < -0.4 is 14.8 Å². The second-order valence-corrected chi connectivity index (χ2v) is 6.96. The first-order chi connectivity index (χ1) is 12.4. The Hall–Kier alpha value is -2.32. The zero-order valence-corrected chi connectivity index (χ0v) is 16.3. The van der Waals surface area contributed by atoms with Crippen molar-refractivity contribution in [2.75, 3.05) is 20.3 Å². The molecule has 1 aromatic rings. The number of methoxy groups -OCH3 is 1. The number of nitrogens with one attached hydrogen (secondary N) is 1. The third-order valence-electron chi connectivity index (χ3n) is 3.23. The summed E-state index contributed by atoms with van der Waals surface area (Å²) in [5.74, 6) is 0.321. The van der Waals surface area contributed by atoms with Crippen LogP contribution >= 0.6 is 24.0 Å². The van der Waals surface area contributed by atoms with Gasteiger partial charge in [0.2, 0.25) is 0 Å². The molecule has 2 rings (SSSR count). The molecular formula is C18H19NO5S2. The summed E-state index contributed by atoms with van der Waals surface area (Å²) in [6, 6.07) is 5.34. The van der Waals surface area contributed by atoms with Crippen LogP contribution in [0.15, 0.2) is 34.8 Å². The van der Waals surface area contributed by atoms with E-state index in [1.807, 2.05) is 19.1 Å². The summed E-state index contributed by atoms with van der Waals surface area (Å²) in [5.41, 5.74) is 1.75. The molecule has 1 aliphatic heterocycles. The van der Waals surface area contributed by atoms with Crippen LogP contribution in [-0.2, 0) is 14.3 Å². The fraction of sp³-hybridized carbons (Fsp3) is 0.278. The Morgan fingerprint density at radius 3 is 2.73 bits per heavy atom. The highest BCUT2D eigenvalue weighted by atomic mass is 32.2. The number of thioether (sulfide) groups is 1. The molecule has 0 bridgehead atoms. The van der Waals surface area contributed by atoms with Gasteiger partial charge in [-0.05, 0) is 43.2 Å². The molecule has 1 amide bonds. The molecule has 26 heavy (non-hydrogen) atoms. The zero-order valence-electron chi connectivity index (χ0n) is 14.7. The van der Waals surface area contributed by atoms with Crippen LogP contribution in [0.25, 0.3) is 6.08 Å². The van der Waals surface area contributed by atoms with Gasteiger partial charge >= 0.3 is 5.97 Å². The van der Waals surface area contributed by atoms with E-state index in [0.717, 1.165) is 11.1 Å². The van der Waals surface area contributed by atoms with E-state index in [2.05, 4.69) is 5.32 Å². The van der Waals surface area contributed by atoms with Gasteiger partial charge in [0.15, 0.2) is 18.1 Å². The van der Waals surface area contributed by atoms with Crippen LogP contribution in [0.5, 0.6) is 11.5 Å². The molecule has 0 spiro atoms. The van der Waals surface area contributed by atoms with E-state index in [0.29, 0.717) is 27.3 Å². The number of amides is 1. The summed E-state index contributed by atoms with van der Waals surface area (Å²) in [7, 11) is 1.52. The Bertz CT molecular complexity index is 786. The molecule has 1 fully saturated rings. The topological polar surface area (TPSA) is 73.9 Å². The standard InChI is InChI=1S/C18H19NO5S2/c1-4-23-16(20)10-24-13-6-5-12(9-14(13)22-3)7-11(2)8-15-17(21)19-18(25)26-15/h5-9H,4,10H2,1-3H3,(H,19,21,25). The fourth-order valence-corrected chi connectivity index (χ4v) is 3.26. The lowest BCUT2D eigenvalue weighted by Crippen LogP contribution is -2.17. The monoisotopic (exact) mass is 393 g/mol. The van der Waals surface area contributed by atoms with Gasteiger partial charge in [-0.3, -0.25) is 4.79 Å². The Kier molecular flexibility index (Phi) is 7.23. The summed E-state index contributed by atoms with van der Waals surface area (Å²) < 4.78 is 16.0. The van der Waals surface area contributed by atoms with E-state index in [1.54, 1.807) is 25.1 Å². The predicted molar refractivity (Wildman–Crippen MR) is 105 cm³/mol. The molecule has 0 aromatic heterocycles. The number of benzene rings is 1. The molecule has 1 aliphatic rings. The summed E-state index contributed by atoms with van der Waals surface area (Å²) in [5, 5.41) is 2.58. The average molecular weight is 393 g/mol. The first kappa shape index (κ1) is 20.0. The fourth-order valence-electron chi connectivity index (χ4n) is 2.16. The molecule has 1 N–H and O–H groups in total. The van der Waals surface area contributed by atoms with Crippen LogP contribution in [0.1, 0.15) is 19.4 Å². The van der Waals surface area contributed by atoms with Crippen molar-refractivity contribution >= 4 is 46.3 Å². The van der Waals surface area contributed by atoms with E-state index in [1.165, 1.54) is 18.9 Å². The summed E-state index contributed by atoms with van der Waals surface area (Å²) in [6.45, 7) is 3.74. The molecule has 6 nitrogen and oxygen atoms in total. The lowest BCUT2D eigenvalue weighted by atomic mass is 10.1. The molecule has 0 unspecified atom stereocenters. The quantitative estimate of drug-likeness (QED) is 0.433. The van der Waals surface area contributed by atoms with E-state index >= 15 is 0 Å². The minimum Gasteiger partial charge on any atom is -0.493 e. The van der Waals surface area contributed by atoms with Crippen molar-refractivity contribution in [1.82, 2.24) is 5.32 Å². The molecule has 8 heteroatoms. The van der Waals surface area contributed by atoms with Crippen molar-refractivity contribution in [3.05, 3.63) is 40.3 Å². The second-order valence-electron chi connectivity index (χ2n) is 5.24. The van der Waals surface area contributed by atoms with Crippen molar-refractivity contribution in [1.29, 1.82) is 0 Å². The largest absolute Gasteiger partial charge is 0.493 e. The Labute approximate surface area is 161 Å². The number of ether oxygens (including phenoxy) is 3. The second kappa shape index (κ2) is 9.40. The van der Waals surface area contributed by atoms with Gasteiger partial charge < -0.3 is 19.5 Å². The molecule has 0 atom stereocenters. The number of hydrogen-bond donors (Lipinski definition) is 1. The lowest BCUT2D eigenvalue weighted by Gasteiger charge is -2.11. The van der Waals surface area contributed by atoms with Crippen LogP contribution in [-0.4, -0.2) is 36.5 Å². The molecule has 0 aliphatic carbocycles. The average Bonchev–Trinajstić information content (AvgIpc) is 2.90. The molecule has 1 saturated heterocycles. The van der Waals surface area contributed by atoms with E-state index in [4.69, 9.17) is 26.4 Å². The highest BCUT2D eigenvalue weighted by molar-refractivity contribution is 8.26. The van der Waals surface area contributed by atoms with E-state index in [-0.39, 0.29) is 12.5 Å². The van der Waals surface area contributed by atoms with E-state index in [9.17, 15) is 9.59 Å². The molecule has 0 radical (unpaired) electrons. The van der Waals surface area contributed by atoms with Crippen LogP contribution in [0, 0.1) is 0 Å². The SMILES string of the molecule is CCOC(=O)COc1ccc(C=C(C)C=C2SC(=S)NC2=O)cc1OC. The van der Waals surface area contributed by atoms with E-state index < -0.39 is 5.97 Å². The maximum atomic E-state index is 11.7. The summed E-state index contributed by atoms with van der Waals surface area (Å²) in [6.07, 6.45) is 3.68. The molecule has 1 heterocycles. The number of esters is 1. The van der Waals surface area contributed by atoms with Gasteiger partial charge in [0.1, 0.15) is 4.32 Å². The van der Waals surface area contributed by atoms with Gasteiger partial charge in [-0.2, -0.15) is 0 Å². The highest BCUT2D eigenvalue weighted by Crippen LogP contribution is 2.30. The number of allylic oxidation sites excluding steroid dienone is 2. The highest BCUT2D eigenvalue weighted by Gasteiger charge is 2.21. The number of rotatable bonds is 7. The van der Waals surface area contributed by atoms with Gasteiger partial charge in [-0.1, -0.05) is 36.1 Å². The third-order valence-corrected chi connectivity index (χ3v) is 4.40. The van der Waals surface area contributed by atoms with Crippen LogP contribution in [0.4, 0.5) is 0 Å². The predicted octanol–water partition coefficient (Wildman–Crippen LogP) is 3.07. The summed E-state index contributed by atoms with van der Waals surface area (Å²) >= 11 is 6.21. The lowest BCUT2D eigenvalue weighted by molar-refractivity contribution is -0.145. The zero-order chi connectivity index (χ0) is 19.1. The first-order valence-electron chi connectivity index (χ1n) is 7.82. The number of thiocarbonyl (C=S) groups is 1. The molecular weight excluding hydrogens is 374 g/mol. The normalized spacial score (nSPS) is 15.8. The maximum absolute atomic E-state index is 11.7. The van der Waals surface area contributed by atoms with Crippen molar-refractivity contribution < 1.29 is 23.8 Å². The number of hydrogen-bond acceptors (Lipinski definition) is 7. The number of carbonyl (C=O) groups excluding carboxylic acids is 2. The summed E-state index contributed by atoms with van der Waals surface area (Å²) in [4.78, 5) is 23.7. The van der Waals surface area contributed by atoms with Crippen LogP contribution in [0.2, 0.25) is 0 Å². The number of carbonyl (C=O) groups is 2. The smallest absolute Gasteiger partial charge is 0.344 e. The Morgan fingerprint density at radius 2 is 2.12 bits per heavy atom. The van der Waals surface area contributed by atoms with Gasteiger partial charge in [-0.15, -0.1) is 0 Å². The van der Waals surface area contributed by atoms with Gasteiger partial charge in [0, 0.05) is 0 Å². The van der Waals surface area contributed by atoms with Gasteiger partial charge in [0.05, 0.1) is 18.6 Å². The molecule has 138 valence electrons. The van der Waals surface area contributed by atoms with Crippen molar-refractivity contribution in [2.45, 2.75) is 13.8 Å². The minimum atomic E-state index is -0.439. The molecule has 0 saturated carbocycles. The van der Waals surface area contributed by atoms with Crippen molar-refractivity contribution in [3.8, 4) is 11.5 Å². The minimum absolute atomic E-state index is 0.184. The first-order valence-corrected chi connectivity index (χ1v) is 9.05. The van der Waals surface area contributed by atoms with Crippen LogP contribution in [0.3, 0.4) is 0 Å². The maximum Gasteiger partial charge on any atom is 0.344 e. The van der Waals surface area contributed by atoms with Crippen molar-refractivity contribution in [3.63, 3.8) is 0 Å². The molecule has 1 aromatic carbocycles. The van der Waals surface area contributed by atoms with Crippen molar-refractivity contribution in [2.24, 2.45) is 0 Å². The Balaban J connectivity index is 2.13. The van der Waals surface area contributed by atoms with Gasteiger partial charge in [-0.25, -0.2) is 4.79 Å². The van der Waals surface area contributed by atoms with Gasteiger partial charge in [0.25, 0.3) is 5.91 Å². The Morgan fingerprint density at radius 1 is 1.35 bits per heavy atom.